The minimum Gasteiger partial charge on any atom is -0.305 e. The standard InChI is InChI=1S/C27H19F3N6O3S/c1-40(38,39)21-9-3-6-18(14-21)17-5-2-7-19(13-17)26(37)32-24-10-11-25(34-33-24)36-23(27(28,29)30)15-22(35-36)20-8-4-12-31-16-20/h2-16H,1H3,(H,32,33,37). The van der Waals surface area contributed by atoms with E-state index >= 15 is 0 Å². The molecule has 0 aliphatic heterocycles. The van der Waals surface area contributed by atoms with Crippen molar-refractivity contribution in [1.82, 2.24) is 25.0 Å². The Morgan fingerprint density at radius 3 is 2.25 bits per heavy atom. The SMILES string of the molecule is CS(=O)(=O)c1cccc(-c2cccc(C(=O)Nc3ccc(-n4nc(-c5cccnc5)cc4C(F)(F)F)nn3)c2)c1. The van der Waals surface area contributed by atoms with E-state index in [0.717, 1.165) is 12.3 Å². The number of carbonyl (C=O) groups is 1. The summed E-state index contributed by atoms with van der Waals surface area (Å²) in [5.41, 5.74) is 0.875. The van der Waals surface area contributed by atoms with E-state index in [1.54, 1.807) is 48.5 Å². The molecular weight excluding hydrogens is 545 g/mol. The molecule has 202 valence electrons. The lowest BCUT2D eigenvalue weighted by atomic mass is 10.0. The van der Waals surface area contributed by atoms with Crippen LogP contribution in [-0.4, -0.2) is 45.5 Å². The number of aromatic nitrogens is 5. The van der Waals surface area contributed by atoms with Crippen molar-refractivity contribution in [3.05, 3.63) is 103 Å². The Kier molecular flexibility index (Phi) is 6.90. The first-order valence-corrected chi connectivity index (χ1v) is 13.5. The van der Waals surface area contributed by atoms with Crippen molar-refractivity contribution in [3.8, 4) is 28.2 Å². The lowest BCUT2D eigenvalue weighted by Gasteiger charge is -2.10. The average molecular weight is 565 g/mol. The second-order valence-electron chi connectivity index (χ2n) is 8.68. The van der Waals surface area contributed by atoms with Crippen LogP contribution in [0.2, 0.25) is 0 Å². The number of benzene rings is 2. The van der Waals surface area contributed by atoms with Gasteiger partial charge in [0.2, 0.25) is 0 Å². The van der Waals surface area contributed by atoms with E-state index in [4.69, 9.17) is 0 Å². The van der Waals surface area contributed by atoms with Gasteiger partial charge in [-0.1, -0.05) is 24.3 Å². The molecule has 0 aliphatic carbocycles. The van der Waals surface area contributed by atoms with Crippen molar-refractivity contribution in [2.45, 2.75) is 11.1 Å². The number of carbonyl (C=O) groups excluding carboxylic acids is 1. The highest BCUT2D eigenvalue weighted by Crippen LogP contribution is 2.33. The molecule has 0 aliphatic rings. The zero-order chi connectivity index (χ0) is 28.5. The fraction of sp³-hybridized carbons (Fsp3) is 0.0741. The molecule has 0 bridgehead atoms. The molecule has 1 N–H and O–H groups in total. The summed E-state index contributed by atoms with van der Waals surface area (Å²) in [6.07, 6.45) is -0.711. The molecule has 0 fully saturated rings. The first kappa shape index (κ1) is 26.7. The van der Waals surface area contributed by atoms with Crippen molar-refractivity contribution in [2.75, 3.05) is 11.6 Å². The smallest absolute Gasteiger partial charge is 0.305 e. The zero-order valence-corrected chi connectivity index (χ0v) is 21.5. The van der Waals surface area contributed by atoms with Crippen molar-refractivity contribution >= 4 is 21.6 Å². The van der Waals surface area contributed by atoms with Crippen LogP contribution in [0, 0.1) is 0 Å². The number of anilines is 1. The van der Waals surface area contributed by atoms with Gasteiger partial charge >= 0.3 is 6.18 Å². The summed E-state index contributed by atoms with van der Waals surface area (Å²) < 4.78 is 65.6. The van der Waals surface area contributed by atoms with E-state index in [9.17, 15) is 26.4 Å². The third-order valence-corrected chi connectivity index (χ3v) is 6.90. The van der Waals surface area contributed by atoms with Gasteiger partial charge in [-0.15, -0.1) is 10.2 Å². The number of rotatable bonds is 6. The van der Waals surface area contributed by atoms with Gasteiger partial charge in [0.1, 0.15) is 0 Å². The molecule has 3 aromatic heterocycles. The highest BCUT2D eigenvalue weighted by Gasteiger charge is 2.37. The molecular formula is C27H19F3N6O3S. The predicted octanol–water partition coefficient (Wildman–Crippen LogP) is 5.07. The third kappa shape index (κ3) is 5.73. The van der Waals surface area contributed by atoms with Gasteiger partial charge in [0, 0.05) is 29.8 Å². The summed E-state index contributed by atoms with van der Waals surface area (Å²) in [5, 5.41) is 14.3. The quantitative estimate of drug-likeness (QED) is 0.306. The van der Waals surface area contributed by atoms with Crippen molar-refractivity contribution in [1.29, 1.82) is 0 Å². The van der Waals surface area contributed by atoms with Crippen LogP contribution in [0.5, 0.6) is 0 Å². The number of amides is 1. The number of alkyl halides is 3. The molecule has 9 nitrogen and oxygen atoms in total. The van der Waals surface area contributed by atoms with Crippen LogP contribution >= 0.6 is 0 Å². The molecule has 0 radical (unpaired) electrons. The fourth-order valence-corrected chi connectivity index (χ4v) is 4.52. The highest BCUT2D eigenvalue weighted by atomic mass is 32.2. The van der Waals surface area contributed by atoms with Gasteiger partial charge < -0.3 is 5.32 Å². The predicted molar refractivity (Wildman–Crippen MR) is 140 cm³/mol. The van der Waals surface area contributed by atoms with Gasteiger partial charge in [-0.05, 0) is 65.7 Å². The van der Waals surface area contributed by atoms with Crippen molar-refractivity contribution in [3.63, 3.8) is 0 Å². The Labute approximate surface area is 226 Å². The number of hydrogen-bond donors (Lipinski definition) is 1. The molecule has 3 heterocycles. The van der Waals surface area contributed by atoms with Crippen LogP contribution in [0.3, 0.4) is 0 Å². The third-order valence-electron chi connectivity index (χ3n) is 5.79. The number of halogens is 3. The van der Waals surface area contributed by atoms with Crippen molar-refractivity contribution < 1.29 is 26.4 Å². The number of nitrogens with one attached hydrogen (secondary N) is 1. The van der Waals surface area contributed by atoms with Crippen LogP contribution in [0.1, 0.15) is 16.1 Å². The zero-order valence-electron chi connectivity index (χ0n) is 20.7. The maximum absolute atomic E-state index is 13.7. The first-order chi connectivity index (χ1) is 19.0. The summed E-state index contributed by atoms with van der Waals surface area (Å²) in [4.78, 5) is 16.9. The Balaban J connectivity index is 1.38. The Morgan fingerprint density at radius 1 is 0.875 bits per heavy atom. The summed E-state index contributed by atoms with van der Waals surface area (Å²) in [7, 11) is -3.41. The average Bonchev–Trinajstić information content (AvgIpc) is 3.40. The monoisotopic (exact) mass is 564 g/mol. The molecule has 0 spiro atoms. The minimum absolute atomic E-state index is 0.00595. The molecule has 1 amide bonds. The molecule has 13 heteroatoms. The van der Waals surface area contributed by atoms with E-state index in [-0.39, 0.29) is 27.8 Å². The van der Waals surface area contributed by atoms with Crippen LogP contribution in [0.15, 0.2) is 96.2 Å². The van der Waals surface area contributed by atoms with E-state index in [1.165, 1.54) is 36.7 Å². The Bertz CT molecular complexity index is 1810. The number of pyridine rings is 1. The molecule has 0 saturated heterocycles. The topological polar surface area (TPSA) is 120 Å². The number of hydrogen-bond acceptors (Lipinski definition) is 7. The van der Waals surface area contributed by atoms with Gasteiger partial charge in [0.05, 0.1) is 10.6 Å². The molecule has 0 atom stereocenters. The van der Waals surface area contributed by atoms with Gasteiger partial charge in [-0.2, -0.15) is 18.3 Å². The van der Waals surface area contributed by atoms with Gasteiger partial charge in [-0.3, -0.25) is 9.78 Å². The van der Waals surface area contributed by atoms with Crippen LogP contribution in [0.25, 0.3) is 28.2 Å². The minimum atomic E-state index is -4.71. The first-order valence-electron chi connectivity index (χ1n) is 11.6. The lowest BCUT2D eigenvalue weighted by Crippen LogP contribution is -2.16. The molecule has 0 saturated carbocycles. The fourth-order valence-electron chi connectivity index (χ4n) is 3.85. The highest BCUT2D eigenvalue weighted by molar-refractivity contribution is 7.90. The number of sulfone groups is 1. The Morgan fingerprint density at radius 2 is 1.60 bits per heavy atom. The van der Waals surface area contributed by atoms with Crippen LogP contribution in [0.4, 0.5) is 19.0 Å². The van der Waals surface area contributed by atoms with E-state index in [0.29, 0.717) is 21.4 Å². The van der Waals surface area contributed by atoms with Gasteiger partial charge in [-0.25, -0.2) is 13.1 Å². The normalized spacial score (nSPS) is 11.8. The summed E-state index contributed by atoms with van der Waals surface area (Å²) in [5.74, 6) is -0.739. The van der Waals surface area contributed by atoms with Gasteiger partial charge in [0.15, 0.2) is 27.2 Å². The maximum Gasteiger partial charge on any atom is 0.433 e. The van der Waals surface area contributed by atoms with E-state index < -0.39 is 27.6 Å². The van der Waals surface area contributed by atoms with Crippen LogP contribution in [-0.2, 0) is 16.0 Å². The second-order valence-corrected chi connectivity index (χ2v) is 10.7. The summed E-state index contributed by atoms with van der Waals surface area (Å²) in [6, 6.07) is 19.5. The molecule has 2 aromatic carbocycles. The van der Waals surface area contributed by atoms with E-state index in [1.807, 2.05) is 0 Å². The van der Waals surface area contributed by atoms with E-state index in [2.05, 4.69) is 25.6 Å². The Hall–Kier alpha value is -4.91. The lowest BCUT2D eigenvalue weighted by molar-refractivity contribution is -0.142. The second kappa shape index (κ2) is 10.3. The van der Waals surface area contributed by atoms with Crippen LogP contribution < -0.4 is 5.32 Å². The van der Waals surface area contributed by atoms with Crippen molar-refractivity contribution in [2.24, 2.45) is 0 Å². The largest absolute Gasteiger partial charge is 0.433 e. The van der Waals surface area contributed by atoms with Gasteiger partial charge in [0.25, 0.3) is 5.91 Å². The number of nitrogens with zero attached hydrogens (tertiary/aromatic N) is 5. The molecule has 40 heavy (non-hydrogen) atoms. The molecule has 5 rings (SSSR count). The maximum atomic E-state index is 13.7. The molecule has 0 unspecified atom stereocenters. The summed E-state index contributed by atoms with van der Waals surface area (Å²) in [6.45, 7) is 0. The summed E-state index contributed by atoms with van der Waals surface area (Å²) >= 11 is 0. The molecule has 5 aromatic rings.